The molecule has 1 amide bonds. The number of rotatable bonds is 5. The minimum absolute atomic E-state index is 0.00620. The molecule has 0 aliphatic rings. The Hall–Kier alpha value is -1.87. The van der Waals surface area contributed by atoms with Crippen LogP contribution in [0, 0.1) is 0 Å². The number of benzene rings is 1. The number of carbonyl (C=O) groups is 1. The monoisotopic (exact) mass is 299 g/mol. The molecule has 0 aliphatic heterocycles. The summed E-state index contributed by atoms with van der Waals surface area (Å²) in [6.07, 6.45) is 3.43. The van der Waals surface area contributed by atoms with Crippen molar-refractivity contribution >= 4 is 23.3 Å². The first-order valence-electron chi connectivity index (χ1n) is 7.18. The van der Waals surface area contributed by atoms with Gasteiger partial charge in [-0.25, -0.2) is 0 Å². The van der Waals surface area contributed by atoms with E-state index < -0.39 is 0 Å². The molecule has 1 aromatic heterocycles. The van der Waals surface area contributed by atoms with Crippen LogP contribution in [0.15, 0.2) is 47.9 Å². The minimum Gasteiger partial charge on any atom is -0.346 e. The van der Waals surface area contributed by atoms with Crippen molar-refractivity contribution in [3.8, 4) is 0 Å². The maximum Gasteiger partial charge on any atom is 0.244 e. The predicted octanol–water partition coefficient (Wildman–Crippen LogP) is 4.76. The van der Waals surface area contributed by atoms with Gasteiger partial charge in [0.25, 0.3) is 0 Å². The molecule has 21 heavy (non-hydrogen) atoms. The highest BCUT2D eigenvalue weighted by Crippen LogP contribution is 2.18. The van der Waals surface area contributed by atoms with Gasteiger partial charge in [0.15, 0.2) is 0 Å². The molecule has 0 fully saturated rings. The van der Waals surface area contributed by atoms with Gasteiger partial charge in [0.1, 0.15) is 0 Å². The zero-order chi connectivity index (χ0) is 15.2. The fourth-order valence-corrected chi connectivity index (χ4v) is 2.68. The molecular formula is C18H21NOS. The molecule has 0 bridgehead atoms. The van der Waals surface area contributed by atoms with Crippen molar-refractivity contribution in [1.29, 1.82) is 0 Å². The van der Waals surface area contributed by atoms with Crippen molar-refractivity contribution in [2.45, 2.75) is 32.7 Å². The third kappa shape index (κ3) is 4.57. The number of thiophene rings is 1. The fraction of sp³-hybridized carbons (Fsp3) is 0.278. The van der Waals surface area contributed by atoms with Gasteiger partial charge < -0.3 is 5.32 Å². The first-order chi connectivity index (χ1) is 10.1. The third-order valence-electron chi connectivity index (χ3n) is 3.40. The smallest absolute Gasteiger partial charge is 0.244 e. The van der Waals surface area contributed by atoms with Gasteiger partial charge in [-0.15, -0.1) is 11.3 Å². The SMILES string of the molecule is CC(C)c1ccc(C(C)NC(=O)/C=C/c2cccs2)cc1. The number of carbonyl (C=O) groups excluding carboxylic acids is 1. The van der Waals surface area contributed by atoms with E-state index in [0.29, 0.717) is 5.92 Å². The maximum atomic E-state index is 11.9. The maximum absolute atomic E-state index is 11.9. The minimum atomic E-state index is -0.0659. The highest BCUT2D eigenvalue weighted by atomic mass is 32.1. The quantitative estimate of drug-likeness (QED) is 0.792. The largest absolute Gasteiger partial charge is 0.346 e. The summed E-state index contributed by atoms with van der Waals surface area (Å²) >= 11 is 1.62. The van der Waals surface area contributed by atoms with Gasteiger partial charge >= 0.3 is 0 Å². The Kier molecular flexibility index (Phi) is 5.34. The lowest BCUT2D eigenvalue weighted by atomic mass is 9.99. The number of nitrogens with one attached hydrogen (secondary N) is 1. The zero-order valence-electron chi connectivity index (χ0n) is 12.7. The van der Waals surface area contributed by atoms with Crippen LogP contribution < -0.4 is 5.32 Å². The zero-order valence-corrected chi connectivity index (χ0v) is 13.5. The number of amides is 1. The van der Waals surface area contributed by atoms with Gasteiger partial charge in [0.2, 0.25) is 5.91 Å². The third-order valence-corrected chi connectivity index (χ3v) is 4.24. The fourth-order valence-electron chi connectivity index (χ4n) is 2.06. The summed E-state index contributed by atoms with van der Waals surface area (Å²) in [5, 5.41) is 4.98. The lowest BCUT2D eigenvalue weighted by molar-refractivity contribution is -0.117. The van der Waals surface area contributed by atoms with E-state index in [1.165, 1.54) is 5.56 Å². The summed E-state index contributed by atoms with van der Waals surface area (Å²) in [4.78, 5) is 13.0. The average molecular weight is 299 g/mol. The highest BCUT2D eigenvalue weighted by molar-refractivity contribution is 7.10. The molecule has 1 atom stereocenters. The summed E-state index contributed by atoms with van der Waals surface area (Å²) < 4.78 is 0. The Bertz CT molecular complexity index is 597. The van der Waals surface area contributed by atoms with Gasteiger partial charge in [0, 0.05) is 11.0 Å². The van der Waals surface area contributed by atoms with E-state index in [9.17, 15) is 4.79 Å². The standard InChI is InChI=1S/C18H21NOS/c1-13(2)15-6-8-16(9-7-15)14(3)19-18(20)11-10-17-5-4-12-21-17/h4-14H,1-3H3,(H,19,20)/b11-10+. The average Bonchev–Trinajstić information content (AvgIpc) is 2.98. The summed E-state index contributed by atoms with van der Waals surface area (Å²) in [6, 6.07) is 12.4. The lowest BCUT2D eigenvalue weighted by Gasteiger charge is -2.14. The summed E-state index contributed by atoms with van der Waals surface area (Å²) in [6.45, 7) is 6.35. The molecule has 2 rings (SSSR count). The van der Waals surface area contributed by atoms with Crippen molar-refractivity contribution in [1.82, 2.24) is 5.32 Å². The van der Waals surface area contributed by atoms with Crippen LogP contribution in [0.4, 0.5) is 0 Å². The first kappa shape index (κ1) is 15.5. The van der Waals surface area contributed by atoms with E-state index in [1.54, 1.807) is 17.4 Å². The Balaban J connectivity index is 1.94. The molecule has 2 nitrogen and oxygen atoms in total. The van der Waals surface area contributed by atoms with E-state index in [-0.39, 0.29) is 11.9 Å². The molecule has 1 heterocycles. The van der Waals surface area contributed by atoms with E-state index in [1.807, 2.05) is 30.5 Å². The Morgan fingerprint density at radius 3 is 2.33 bits per heavy atom. The van der Waals surface area contributed by atoms with Crippen LogP contribution in [0.5, 0.6) is 0 Å². The Labute approximate surface area is 130 Å². The van der Waals surface area contributed by atoms with Crippen LogP contribution >= 0.6 is 11.3 Å². The molecule has 0 saturated carbocycles. The normalized spacial score (nSPS) is 12.8. The second kappa shape index (κ2) is 7.23. The van der Waals surface area contributed by atoms with E-state index in [0.717, 1.165) is 10.4 Å². The van der Waals surface area contributed by atoms with Crippen molar-refractivity contribution < 1.29 is 4.79 Å². The summed E-state index contributed by atoms with van der Waals surface area (Å²) in [7, 11) is 0. The van der Waals surface area contributed by atoms with Crippen LogP contribution in [0.2, 0.25) is 0 Å². The van der Waals surface area contributed by atoms with Crippen molar-refractivity contribution in [3.63, 3.8) is 0 Å². The van der Waals surface area contributed by atoms with Gasteiger partial charge in [-0.1, -0.05) is 44.2 Å². The van der Waals surface area contributed by atoms with Crippen molar-refractivity contribution in [2.24, 2.45) is 0 Å². The molecular weight excluding hydrogens is 278 g/mol. The topological polar surface area (TPSA) is 29.1 Å². The molecule has 1 aromatic carbocycles. The van der Waals surface area contributed by atoms with Crippen molar-refractivity contribution in [2.75, 3.05) is 0 Å². The highest BCUT2D eigenvalue weighted by Gasteiger charge is 2.08. The lowest BCUT2D eigenvalue weighted by Crippen LogP contribution is -2.24. The van der Waals surface area contributed by atoms with Crippen LogP contribution in [-0.4, -0.2) is 5.91 Å². The Morgan fingerprint density at radius 2 is 1.76 bits per heavy atom. The number of hydrogen-bond acceptors (Lipinski definition) is 2. The predicted molar refractivity (Wildman–Crippen MR) is 90.4 cm³/mol. The van der Waals surface area contributed by atoms with Crippen LogP contribution in [0.3, 0.4) is 0 Å². The molecule has 110 valence electrons. The van der Waals surface area contributed by atoms with Crippen LogP contribution in [0.25, 0.3) is 6.08 Å². The summed E-state index contributed by atoms with van der Waals surface area (Å²) in [5.74, 6) is 0.460. The second-order valence-electron chi connectivity index (χ2n) is 5.40. The molecule has 0 saturated heterocycles. The second-order valence-corrected chi connectivity index (χ2v) is 6.38. The van der Waals surface area contributed by atoms with Crippen LogP contribution in [0.1, 0.15) is 48.7 Å². The van der Waals surface area contributed by atoms with Gasteiger partial charge in [-0.3, -0.25) is 4.79 Å². The van der Waals surface area contributed by atoms with Crippen LogP contribution in [-0.2, 0) is 4.79 Å². The Morgan fingerprint density at radius 1 is 1.10 bits per heavy atom. The van der Waals surface area contributed by atoms with Crippen molar-refractivity contribution in [3.05, 3.63) is 63.9 Å². The summed E-state index contributed by atoms with van der Waals surface area (Å²) in [5.41, 5.74) is 2.44. The van der Waals surface area contributed by atoms with E-state index in [4.69, 9.17) is 0 Å². The molecule has 0 spiro atoms. The first-order valence-corrected chi connectivity index (χ1v) is 8.06. The molecule has 2 aromatic rings. The van der Waals surface area contributed by atoms with Gasteiger partial charge in [0.05, 0.1) is 6.04 Å². The number of hydrogen-bond donors (Lipinski definition) is 1. The van der Waals surface area contributed by atoms with E-state index in [2.05, 4.69) is 43.4 Å². The van der Waals surface area contributed by atoms with Gasteiger partial charge in [-0.2, -0.15) is 0 Å². The molecule has 0 aliphatic carbocycles. The molecule has 0 radical (unpaired) electrons. The molecule has 1 N–H and O–H groups in total. The molecule has 1 unspecified atom stereocenters. The van der Waals surface area contributed by atoms with E-state index >= 15 is 0 Å². The van der Waals surface area contributed by atoms with Gasteiger partial charge in [-0.05, 0) is 41.5 Å². The molecule has 3 heteroatoms.